The van der Waals surface area contributed by atoms with Gasteiger partial charge in [0.05, 0.1) is 41.4 Å². The minimum atomic E-state index is -4.89. The van der Waals surface area contributed by atoms with Crippen LogP contribution in [0.25, 0.3) is 0 Å². The third kappa shape index (κ3) is 6.49. The molecule has 0 aliphatic carbocycles. The quantitative estimate of drug-likeness (QED) is 0.274. The number of nitrogens with zero attached hydrogens (tertiary/aromatic N) is 3. The molecule has 1 spiro atoms. The molecule has 0 bridgehead atoms. The Kier molecular flexibility index (Phi) is 8.96. The normalized spacial score (nSPS) is 17.0. The maximum atomic E-state index is 15.0. The fraction of sp³-hybridized carbons (Fsp3) is 0.353. The van der Waals surface area contributed by atoms with Gasteiger partial charge in [-0.2, -0.15) is 13.2 Å². The molecule has 1 atom stereocenters. The summed E-state index contributed by atoms with van der Waals surface area (Å²) in [6, 6.07) is 17.2. The monoisotopic (exact) mass is 686 g/mol. The summed E-state index contributed by atoms with van der Waals surface area (Å²) in [6.07, 6.45) is -3.12. The summed E-state index contributed by atoms with van der Waals surface area (Å²) in [5.74, 6) is -1.13. The van der Waals surface area contributed by atoms with Gasteiger partial charge in [0, 0.05) is 37.5 Å². The van der Waals surface area contributed by atoms with Gasteiger partial charge in [0.1, 0.15) is 11.4 Å². The van der Waals surface area contributed by atoms with E-state index in [0.29, 0.717) is 38.0 Å². The Morgan fingerprint density at radius 2 is 1.62 bits per heavy atom. The maximum absolute atomic E-state index is 15.0. The molecule has 48 heavy (non-hydrogen) atoms. The van der Waals surface area contributed by atoms with Gasteiger partial charge in [-0.3, -0.25) is 18.8 Å². The number of halogens is 4. The van der Waals surface area contributed by atoms with Crippen LogP contribution in [0.3, 0.4) is 0 Å². The van der Waals surface area contributed by atoms with E-state index in [9.17, 15) is 31.2 Å². The summed E-state index contributed by atoms with van der Waals surface area (Å²) >= 11 is 0. The highest BCUT2D eigenvalue weighted by molar-refractivity contribution is 7.90. The zero-order chi connectivity index (χ0) is 34.4. The van der Waals surface area contributed by atoms with Crippen molar-refractivity contribution in [1.82, 2.24) is 14.0 Å². The summed E-state index contributed by atoms with van der Waals surface area (Å²) < 4.78 is 89.3. The first-order valence-corrected chi connectivity index (χ1v) is 17.2. The lowest BCUT2D eigenvalue weighted by Crippen LogP contribution is -2.49. The van der Waals surface area contributed by atoms with E-state index in [0.717, 1.165) is 39.2 Å². The van der Waals surface area contributed by atoms with Crippen molar-refractivity contribution < 1.29 is 30.7 Å². The molecule has 2 aliphatic rings. The fourth-order valence-corrected chi connectivity index (χ4v) is 7.39. The van der Waals surface area contributed by atoms with Gasteiger partial charge in [-0.15, -0.1) is 0 Å². The average molecular weight is 687 g/mol. The van der Waals surface area contributed by atoms with Crippen molar-refractivity contribution >= 4 is 9.84 Å². The van der Waals surface area contributed by atoms with Gasteiger partial charge >= 0.3 is 11.9 Å². The number of ether oxygens (including phenoxy) is 1. The SMILES string of the molecule is CS(=O)(=O)c1cccc(CN2CCC3(CC2)OCc2c3c(=O)n(CC(N)c3ccccc3)c(=O)n2Cc2c(F)cccc2C(F)(F)F)c1. The van der Waals surface area contributed by atoms with Crippen molar-refractivity contribution in [2.75, 3.05) is 19.3 Å². The van der Waals surface area contributed by atoms with Crippen LogP contribution in [0.4, 0.5) is 17.6 Å². The van der Waals surface area contributed by atoms with Gasteiger partial charge in [0.25, 0.3) is 5.56 Å². The lowest BCUT2D eigenvalue weighted by atomic mass is 9.85. The summed E-state index contributed by atoms with van der Waals surface area (Å²) in [6.45, 7) is 0.0580. The number of likely N-dealkylation sites (tertiary alicyclic amines) is 1. The third-order valence-corrected chi connectivity index (χ3v) is 10.3. The van der Waals surface area contributed by atoms with Crippen molar-refractivity contribution in [3.05, 3.63) is 133 Å². The third-order valence-electron chi connectivity index (χ3n) is 9.22. The summed E-state index contributed by atoms with van der Waals surface area (Å²) in [5, 5.41) is 0. The zero-order valence-electron chi connectivity index (χ0n) is 26.0. The summed E-state index contributed by atoms with van der Waals surface area (Å²) in [5.41, 5.74) is 3.48. The Bertz CT molecular complexity index is 2070. The predicted molar refractivity (Wildman–Crippen MR) is 169 cm³/mol. The molecule has 254 valence electrons. The number of benzene rings is 3. The van der Waals surface area contributed by atoms with Crippen molar-refractivity contribution in [1.29, 1.82) is 0 Å². The number of fused-ring (bicyclic) bond motifs is 2. The van der Waals surface area contributed by atoms with E-state index in [2.05, 4.69) is 4.90 Å². The van der Waals surface area contributed by atoms with Crippen LogP contribution in [-0.2, 0) is 52.6 Å². The van der Waals surface area contributed by atoms with E-state index < -0.39 is 62.4 Å². The first kappa shape index (κ1) is 33.8. The van der Waals surface area contributed by atoms with Gasteiger partial charge in [0.15, 0.2) is 9.84 Å². The highest BCUT2D eigenvalue weighted by atomic mass is 32.2. The van der Waals surface area contributed by atoms with Gasteiger partial charge < -0.3 is 10.5 Å². The molecular formula is C34H34F4N4O5S. The minimum absolute atomic E-state index is 0.111. The predicted octanol–water partition coefficient (Wildman–Crippen LogP) is 4.34. The maximum Gasteiger partial charge on any atom is 0.416 e. The number of alkyl halides is 3. The highest BCUT2D eigenvalue weighted by Crippen LogP contribution is 2.43. The highest BCUT2D eigenvalue weighted by Gasteiger charge is 2.47. The van der Waals surface area contributed by atoms with Gasteiger partial charge in [0.2, 0.25) is 0 Å². The van der Waals surface area contributed by atoms with E-state index in [4.69, 9.17) is 10.5 Å². The Balaban J connectivity index is 1.39. The molecule has 3 aromatic carbocycles. The molecule has 6 rings (SSSR count). The molecule has 3 heterocycles. The molecular weight excluding hydrogens is 652 g/mol. The van der Waals surface area contributed by atoms with E-state index in [-0.39, 0.29) is 29.3 Å². The van der Waals surface area contributed by atoms with Crippen LogP contribution in [0.1, 0.15) is 52.4 Å². The molecule has 0 amide bonds. The molecule has 9 nitrogen and oxygen atoms in total. The number of nitrogens with two attached hydrogens (primary N) is 1. The van der Waals surface area contributed by atoms with Crippen LogP contribution in [0.5, 0.6) is 0 Å². The molecule has 1 fully saturated rings. The van der Waals surface area contributed by atoms with Crippen molar-refractivity contribution in [2.45, 2.75) is 61.8 Å². The standard InChI is InChI=1S/C34H34F4N4O5S/c1-48(45,46)24-10-5-7-22(17-24)18-40-15-13-33(14-16-40)30-29(21-47-33)41(19-25-26(34(36,37)38)11-6-12-27(25)35)32(44)42(31(30)43)20-28(39)23-8-3-2-4-9-23/h2-12,17,28H,13-16,18-21,39H2,1H3. The average Bonchev–Trinajstić information content (AvgIpc) is 3.41. The zero-order valence-corrected chi connectivity index (χ0v) is 26.9. The molecule has 1 aromatic heterocycles. The molecule has 14 heteroatoms. The van der Waals surface area contributed by atoms with Crippen LogP contribution in [-0.4, -0.2) is 41.8 Å². The lowest BCUT2D eigenvalue weighted by molar-refractivity contribution is -0.138. The Morgan fingerprint density at radius 3 is 2.29 bits per heavy atom. The largest absolute Gasteiger partial charge is 0.416 e. The van der Waals surface area contributed by atoms with Crippen LogP contribution >= 0.6 is 0 Å². The second-order valence-corrected chi connectivity index (χ2v) is 14.4. The number of sulfone groups is 1. The molecule has 0 radical (unpaired) electrons. The van der Waals surface area contributed by atoms with E-state index in [1.807, 2.05) is 6.07 Å². The molecule has 0 saturated carbocycles. The number of piperidine rings is 1. The van der Waals surface area contributed by atoms with Crippen molar-refractivity contribution in [2.24, 2.45) is 5.73 Å². The second-order valence-electron chi connectivity index (χ2n) is 12.4. The van der Waals surface area contributed by atoms with Crippen LogP contribution in [0.2, 0.25) is 0 Å². The molecule has 4 aromatic rings. The Morgan fingerprint density at radius 1 is 0.938 bits per heavy atom. The number of hydrogen-bond acceptors (Lipinski definition) is 7. The topological polar surface area (TPSA) is 117 Å². The molecule has 1 saturated heterocycles. The summed E-state index contributed by atoms with van der Waals surface area (Å²) in [4.78, 5) is 30.5. The van der Waals surface area contributed by atoms with Crippen LogP contribution < -0.4 is 17.0 Å². The number of hydrogen-bond donors (Lipinski definition) is 1. The minimum Gasteiger partial charge on any atom is -0.364 e. The summed E-state index contributed by atoms with van der Waals surface area (Å²) in [7, 11) is -3.40. The first-order chi connectivity index (χ1) is 22.7. The van der Waals surface area contributed by atoms with E-state index in [1.165, 1.54) is 6.07 Å². The fourth-order valence-electron chi connectivity index (χ4n) is 6.70. The Labute approximate surface area is 274 Å². The van der Waals surface area contributed by atoms with Gasteiger partial charge in [-0.25, -0.2) is 17.6 Å². The molecule has 2 N–H and O–H groups in total. The van der Waals surface area contributed by atoms with Crippen LogP contribution in [0.15, 0.2) is 87.3 Å². The number of rotatable bonds is 8. The number of aromatic nitrogens is 2. The smallest absolute Gasteiger partial charge is 0.364 e. The van der Waals surface area contributed by atoms with Crippen LogP contribution in [0, 0.1) is 5.82 Å². The van der Waals surface area contributed by atoms with Gasteiger partial charge in [-0.1, -0.05) is 48.5 Å². The van der Waals surface area contributed by atoms with E-state index >= 15 is 4.39 Å². The second kappa shape index (κ2) is 12.7. The van der Waals surface area contributed by atoms with Crippen molar-refractivity contribution in [3.8, 4) is 0 Å². The van der Waals surface area contributed by atoms with E-state index in [1.54, 1.807) is 42.5 Å². The first-order valence-electron chi connectivity index (χ1n) is 15.4. The van der Waals surface area contributed by atoms with Crippen molar-refractivity contribution in [3.63, 3.8) is 0 Å². The molecule has 1 unspecified atom stereocenters. The lowest BCUT2D eigenvalue weighted by Gasteiger charge is -2.39. The Hall–Kier alpha value is -4.11. The molecule has 2 aliphatic heterocycles. The van der Waals surface area contributed by atoms with Gasteiger partial charge in [-0.05, 0) is 48.2 Å².